The summed E-state index contributed by atoms with van der Waals surface area (Å²) in [5.41, 5.74) is 5.75. The molecule has 2 aromatic carbocycles. The molecule has 1 heterocycles. The zero-order chi connectivity index (χ0) is 22.5. The van der Waals surface area contributed by atoms with E-state index in [2.05, 4.69) is 30.9 Å². The first-order valence-electron chi connectivity index (χ1n) is 8.59. The Balaban J connectivity index is 1.65. The first-order valence-corrected chi connectivity index (χ1v) is 10.2. The Kier molecular flexibility index (Phi) is 7.13. The van der Waals surface area contributed by atoms with E-state index in [1.807, 2.05) is 0 Å². The van der Waals surface area contributed by atoms with Gasteiger partial charge in [0.05, 0.1) is 0 Å². The smallest absolute Gasteiger partial charge is 0.320 e. The highest BCUT2D eigenvalue weighted by molar-refractivity contribution is 9.10. The van der Waals surface area contributed by atoms with E-state index in [1.54, 1.807) is 6.07 Å². The Labute approximate surface area is 186 Å². The monoisotopic (exact) mass is 514 g/mol. The van der Waals surface area contributed by atoms with Crippen molar-refractivity contribution in [3.63, 3.8) is 0 Å². The van der Waals surface area contributed by atoms with Gasteiger partial charge in [-0.3, -0.25) is 10.1 Å². The number of aromatic nitrogens is 1. The standard InChI is InChI=1S/C19H14BrF3N4O3S/c20-11-3-2-10(13(22)6-11)8-30-17-15(16(24)28)18(31-27-17)26-19(29)25-7-9-1-4-12(21)14(23)5-9/h1-6H,7-8H2,(H2,24,28)(H2,25,26,29). The molecule has 1 aromatic heterocycles. The molecule has 12 heteroatoms. The first kappa shape index (κ1) is 22.6. The number of carbonyl (C=O) groups is 2. The number of urea groups is 1. The number of anilines is 1. The Morgan fingerprint density at radius 2 is 1.87 bits per heavy atom. The zero-order valence-electron chi connectivity index (χ0n) is 15.5. The number of hydrogen-bond acceptors (Lipinski definition) is 5. The summed E-state index contributed by atoms with van der Waals surface area (Å²) in [6.07, 6.45) is 0. The molecule has 4 N–H and O–H groups in total. The van der Waals surface area contributed by atoms with Crippen LogP contribution in [0.2, 0.25) is 0 Å². The lowest BCUT2D eigenvalue weighted by Crippen LogP contribution is -2.29. The minimum Gasteiger partial charge on any atom is -0.471 e. The van der Waals surface area contributed by atoms with Crippen LogP contribution in [0.15, 0.2) is 40.9 Å². The van der Waals surface area contributed by atoms with Gasteiger partial charge in [-0.2, -0.15) is 4.37 Å². The van der Waals surface area contributed by atoms with Gasteiger partial charge in [0.2, 0.25) is 5.88 Å². The van der Waals surface area contributed by atoms with Crippen molar-refractivity contribution >= 4 is 44.4 Å². The highest BCUT2D eigenvalue weighted by atomic mass is 79.9. The van der Waals surface area contributed by atoms with Crippen LogP contribution in [-0.4, -0.2) is 16.3 Å². The summed E-state index contributed by atoms with van der Waals surface area (Å²) in [4.78, 5) is 24.0. The molecular formula is C19H14BrF3N4O3S. The van der Waals surface area contributed by atoms with Gasteiger partial charge in [0.1, 0.15) is 23.0 Å². The average molecular weight is 515 g/mol. The molecule has 0 saturated carbocycles. The SMILES string of the molecule is NC(=O)c1c(OCc2ccc(Br)cc2F)nsc1NC(=O)NCc1ccc(F)c(F)c1. The molecule has 31 heavy (non-hydrogen) atoms. The van der Waals surface area contributed by atoms with Crippen molar-refractivity contribution in [1.82, 2.24) is 9.69 Å². The molecule has 0 aliphatic carbocycles. The molecule has 0 saturated heterocycles. The van der Waals surface area contributed by atoms with Gasteiger partial charge in [-0.25, -0.2) is 18.0 Å². The minimum atomic E-state index is -1.04. The third-order valence-electron chi connectivity index (χ3n) is 3.95. The lowest BCUT2D eigenvalue weighted by atomic mass is 10.2. The van der Waals surface area contributed by atoms with Crippen LogP contribution in [0.5, 0.6) is 5.88 Å². The van der Waals surface area contributed by atoms with Crippen molar-refractivity contribution in [1.29, 1.82) is 0 Å². The average Bonchev–Trinajstić information content (AvgIpc) is 3.11. The van der Waals surface area contributed by atoms with Gasteiger partial charge in [0.15, 0.2) is 11.6 Å². The normalized spacial score (nSPS) is 10.6. The van der Waals surface area contributed by atoms with Gasteiger partial charge in [-0.05, 0) is 41.4 Å². The van der Waals surface area contributed by atoms with E-state index in [0.29, 0.717) is 10.0 Å². The molecule has 0 atom stereocenters. The van der Waals surface area contributed by atoms with Crippen LogP contribution >= 0.6 is 27.5 Å². The number of nitrogens with zero attached hydrogens (tertiary/aromatic N) is 1. The summed E-state index contributed by atoms with van der Waals surface area (Å²) >= 11 is 3.89. The number of rotatable bonds is 7. The van der Waals surface area contributed by atoms with Gasteiger partial charge in [0, 0.05) is 16.6 Å². The van der Waals surface area contributed by atoms with Gasteiger partial charge >= 0.3 is 6.03 Å². The van der Waals surface area contributed by atoms with Crippen molar-refractivity contribution in [2.24, 2.45) is 5.73 Å². The van der Waals surface area contributed by atoms with Gasteiger partial charge in [-0.1, -0.05) is 28.1 Å². The molecule has 3 aromatic rings. The third kappa shape index (κ3) is 5.73. The molecule has 0 aliphatic rings. The summed E-state index contributed by atoms with van der Waals surface area (Å²) in [6, 6.07) is 6.86. The highest BCUT2D eigenvalue weighted by Gasteiger charge is 2.22. The van der Waals surface area contributed by atoms with E-state index in [4.69, 9.17) is 10.5 Å². The number of hydrogen-bond donors (Lipinski definition) is 3. The largest absolute Gasteiger partial charge is 0.471 e. The second kappa shape index (κ2) is 9.79. The van der Waals surface area contributed by atoms with Crippen molar-refractivity contribution < 1.29 is 27.5 Å². The number of carbonyl (C=O) groups excluding carboxylic acids is 2. The number of nitrogens with one attached hydrogen (secondary N) is 2. The van der Waals surface area contributed by atoms with Gasteiger partial charge in [0.25, 0.3) is 5.91 Å². The van der Waals surface area contributed by atoms with Crippen molar-refractivity contribution in [3.05, 3.63) is 75.0 Å². The maximum atomic E-state index is 13.9. The quantitative estimate of drug-likeness (QED) is 0.436. The van der Waals surface area contributed by atoms with E-state index in [-0.39, 0.29) is 35.2 Å². The maximum Gasteiger partial charge on any atom is 0.320 e. The number of ether oxygens (including phenoxy) is 1. The van der Waals surface area contributed by atoms with Crippen molar-refractivity contribution in [2.75, 3.05) is 5.32 Å². The second-order valence-corrected chi connectivity index (χ2v) is 7.83. The topological polar surface area (TPSA) is 106 Å². The lowest BCUT2D eigenvalue weighted by molar-refractivity contribution is 0.0996. The molecule has 162 valence electrons. The molecule has 3 amide bonds. The van der Waals surface area contributed by atoms with E-state index in [9.17, 15) is 22.8 Å². The predicted octanol–water partition coefficient (Wildman–Crippen LogP) is 4.32. The van der Waals surface area contributed by atoms with Crippen LogP contribution in [0.4, 0.5) is 23.0 Å². The molecule has 3 rings (SSSR count). The summed E-state index contributed by atoms with van der Waals surface area (Å²) in [7, 11) is 0. The molecule has 0 bridgehead atoms. The fraction of sp³-hybridized carbons (Fsp3) is 0.105. The molecule has 7 nitrogen and oxygen atoms in total. The maximum absolute atomic E-state index is 13.9. The van der Waals surface area contributed by atoms with Crippen molar-refractivity contribution in [2.45, 2.75) is 13.2 Å². The Morgan fingerprint density at radius 3 is 2.55 bits per heavy atom. The van der Waals surface area contributed by atoms with E-state index >= 15 is 0 Å². The Morgan fingerprint density at radius 1 is 1.10 bits per heavy atom. The number of benzene rings is 2. The summed E-state index contributed by atoms with van der Waals surface area (Å²) in [6.45, 7) is -0.315. The molecule has 0 radical (unpaired) electrons. The van der Waals surface area contributed by atoms with Gasteiger partial charge in [-0.15, -0.1) is 0 Å². The zero-order valence-corrected chi connectivity index (χ0v) is 18.0. The second-order valence-electron chi connectivity index (χ2n) is 6.14. The van der Waals surface area contributed by atoms with Crippen LogP contribution in [0.3, 0.4) is 0 Å². The molecule has 0 fully saturated rings. The van der Waals surface area contributed by atoms with Crippen LogP contribution < -0.4 is 21.1 Å². The molecule has 0 spiro atoms. The summed E-state index contributed by atoms with van der Waals surface area (Å²) in [5.74, 6) is -3.62. The third-order valence-corrected chi connectivity index (χ3v) is 5.19. The number of primary amides is 1. The number of amides is 3. The first-order chi connectivity index (χ1) is 14.7. The lowest BCUT2D eigenvalue weighted by Gasteiger charge is -2.08. The number of nitrogens with two attached hydrogens (primary N) is 1. The Hall–Kier alpha value is -3.12. The van der Waals surface area contributed by atoms with Crippen LogP contribution in [0, 0.1) is 17.5 Å². The fourth-order valence-corrected chi connectivity index (χ4v) is 3.51. The van der Waals surface area contributed by atoms with Gasteiger partial charge < -0.3 is 15.8 Å². The molecule has 0 aliphatic heterocycles. The summed E-state index contributed by atoms with van der Waals surface area (Å²) in [5, 5.41) is 4.85. The predicted molar refractivity (Wildman–Crippen MR) is 111 cm³/mol. The highest BCUT2D eigenvalue weighted by Crippen LogP contribution is 2.31. The molecular weight excluding hydrogens is 501 g/mol. The number of halogens is 4. The van der Waals surface area contributed by atoms with E-state index < -0.39 is 29.4 Å². The fourth-order valence-electron chi connectivity index (χ4n) is 2.44. The minimum absolute atomic E-state index is 0.0153. The van der Waals surface area contributed by atoms with Crippen molar-refractivity contribution in [3.8, 4) is 5.88 Å². The van der Waals surface area contributed by atoms with Crippen LogP contribution in [-0.2, 0) is 13.2 Å². The van der Waals surface area contributed by atoms with E-state index in [1.165, 1.54) is 18.2 Å². The van der Waals surface area contributed by atoms with E-state index in [0.717, 1.165) is 23.7 Å². The molecule has 0 unspecified atom stereocenters. The van der Waals surface area contributed by atoms with Crippen LogP contribution in [0.1, 0.15) is 21.5 Å². The Bertz CT molecular complexity index is 1140. The van der Waals surface area contributed by atoms with Crippen LogP contribution in [0.25, 0.3) is 0 Å². The summed E-state index contributed by atoms with van der Waals surface area (Å²) < 4.78 is 50.0.